The molecule has 1 aliphatic carbocycles. The van der Waals surface area contributed by atoms with E-state index < -0.39 is 0 Å². The smallest absolute Gasteiger partial charge is 0.208 e. The Hall–Kier alpha value is -1.61. The third kappa shape index (κ3) is 3.24. The Morgan fingerprint density at radius 2 is 2.21 bits per heavy atom. The van der Waals surface area contributed by atoms with E-state index in [-0.39, 0.29) is 0 Å². The van der Waals surface area contributed by atoms with Gasteiger partial charge in [0.15, 0.2) is 0 Å². The highest BCUT2D eigenvalue weighted by molar-refractivity contribution is 5.29. The lowest BCUT2D eigenvalue weighted by molar-refractivity contribution is 0.439. The quantitative estimate of drug-likeness (QED) is 0.860. The zero-order valence-electron chi connectivity index (χ0n) is 11.4. The van der Waals surface area contributed by atoms with Crippen LogP contribution in [0.2, 0.25) is 0 Å². The Labute approximate surface area is 114 Å². The van der Waals surface area contributed by atoms with Gasteiger partial charge in [0.25, 0.3) is 0 Å². The Morgan fingerprint density at radius 3 is 2.95 bits per heavy atom. The molecule has 1 saturated carbocycles. The van der Waals surface area contributed by atoms with Gasteiger partial charge in [-0.15, -0.1) is 0 Å². The molecule has 1 aromatic carbocycles. The van der Waals surface area contributed by atoms with Gasteiger partial charge in [-0.2, -0.15) is 0 Å². The number of hydrogen-bond donors (Lipinski definition) is 1. The second-order valence-corrected chi connectivity index (χ2v) is 5.20. The second kappa shape index (κ2) is 5.57. The van der Waals surface area contributed by atoms with E-state index in [0.29, 0.717) is 6.54 Å². The maximum Gasteiger partial charge on any atom is 0.208 e. The van der Waals surface area contributed by atoms with Gasteiger partial charge in [-0.1, -0.05) is 31.2 Å². The molecule has 3 heteroatoms. The Bertz CT molecular complexity index is 543. The first kappa shape index (κ1) is 12.4. The molecule has 0 unspecified atom stereocenters. The van der Waals surface area contributed by atoms with Crippen LogP contribution in [0.15, 0.2) is 34.9 Å². The van der Waals surface area contributed by atoms with E-state index in [1.165, 1.54) is 24.0 Å². The summed E-state index contributed by atoms with van der Waals surface area (Å²) in [4.78, 5) is 4.24. The zero-order valence-corrected chi connectivity index (χ0v) is 11.4. The molecule has 0 saturated heterocycles. The SMILES string of the molecule is CCc1cnc(CNCc2cccc(C3CC3)c2)o1. The molecule has 19 heavy (non-hydrogen) atoms. The highest BCUT2D eigenvalue weighted by atomic mass is 16.4. The van der Waals surface area contributed by atoms with Crippen molar-refractivity contribution in [2.75, 3.05) is 0 Å². The van der Waals surface area contributed by atoms with Crippen LogP contribution in [0.3, 0.4) is 0 Å². The van der Waals surface area contributed by atoms with Crippen LogP contribution in [0.4, 0.5) is 0 Å². The summed E-state index contributed by atoms with van der Waals surface area (Å²) in [7, 11) is 0. The van der Waals surface area contributed by atoms with Crippen molar-refractivity contribution in [1.82, 2.24) is 10.3 Å². The monoisotopic (exact) mass is 256 g/mol. The van der Waals surface area contributed by atoms with Crippen molar-refractivity contribution in [2.45, 2.75) is 45.2 Å². The van der Waals surface area contributed by atoms with E-state index in [1.54, 1.807) is 0 Å². The number of benzene rings is 1. The number of rotatable bonds is 6. The maximum atomic E-state index is 5.57. The van der Waals surface area contributed by atoms with Crippen molar-refractivity contribution in [3.05, 3.63) is 53.2 Å². The molecule has 1 fully saturated rings. The lowest BCUT2D eigenvalue weighted by Crippen LogP contribution is -2.12. The van der Waals surface area contributed by atoms with Crippen molar-refractivity contribution in [2.24, 2.45) is 0 Å². The standard InChI is InChI=1S/C16H20N2O/c1-2-15-10-18-16(19-15)11-17-9-12-4-3-5-14(8-12)13-6-7-13/h3-5,8,10,13,17H,2,6-7,9,11H2,1H3. The molecule has 3 nitrogen and oxygen atoms in total. The summed E-state index contributed by atoms with van der Waals surface area (Å²) in [5, 5.41) is 3.39. The fraction of sp³-hybridized carbons (Fsp3) is 0.438. The minimum atomic E-state index is 0.688. The summed E-state index contributed by atoms with van der Waals surface area (Å²) < 4.78 is 5.57. The molecule has 0 amide bonds. The fourth-order valence-corrected chi connectivity index (χ4v) is 2.28. The zero-order chi connectivity index (χ0) is 13.1. The van der Waals surface area contributed by atoms with Gasteiger partial charge in [-0.05, 0) is 29.9 Å². The molecule has 0 atom stereocenters. The van der Waals surface area contributed by atoms with Crippen molar-refractivity contribution < 1.29 is 4.42 Å². The topological polar surface area (TPSA) is 38.1 Å². The molecule has 1 N–H and O–H groups in total. The highest BCUT2D eigenvalue weighted by Crippen LogP contribution is 2.40. The molecule has 0 spiro atoms. The Morgan fingerprint density at radius 1 is 1.32 bits per heavy atom. The molecule has 0 bridgehead atoms. The van der Waals surface area contributed by atoms with E-state index in [4.69, 9.17) is 4.42 Å². The second-order valence-electron chi connectivity index (χ2n) is 5.20. The minimum absolute atomic E-state index is 0.688. The van der Waals surface area contributed by atoms with Gasteiger partial charge in [0, 0.05) is 13.0 Å². The van der Waals surface area contributed by atoms with Gasteiger partial charge < -0.3 is 9.73 Å². The van der Waals surface area contributed by atoms with Crippen molar-refractivity contribution in [3.63, 3.8) is 0 Å². The number of oxazole rings is 1. The number of nitrogens with one attached hydrogen (secondary N) is 1. The third-order valence-electron chi connectivity index (χ3n) is 3.56. The largest absolute Gasteiger partial charge is 0.444 e. The normalized spacial score (nSPS) is 14.8. The fourth-order valence-electron chi connectivity index (χ4n) is 2.28. The molecule has 1 heterocycles. The van der Waals surface area contributed by atoms with Crippen molar-refractivity contribution in [1.29, 1.82) is 0 Å². The summed E-state index contributed by atoms with van der Waals surface area (Å²) in [6.45, 7) is 3.62. The predicted molar refractivity (Wildman–Crippen MR) is 74.8 cm³/mol. The van der Waals surface area contributed by atoms with Gasteiger partial charge >= 0.3 is 0 Å². The van der Waals surface area contributed by atoms with E-state index >= 15 is 0 Å². The van der Waals surface area contributed by atoms with E-state index in [2.05, 4.69) is 41.5 Å². The van der Waals surface area contributed by atoms with E-state index in [1.807, 2.05) is 6.20 Å². The van der Waals surface area contributed by atoms with Gasteiger partial charge in [-0.3, -0.25) is 0 Å². The molecule has 3 rings (SSSR count). The molecule has 0 radical (unpaired) electrons. The van der Waals surface area contributed by atoms with Crippen molar-refractivity contribution >= 4 is 0 Å². The van der Waals surface area contributed by atoms with Crippen LogP contribution in [0.1, 0.15) is 48.5 Å². The number of aryl methyl sites for hydroxylation is 1. The van der Waals surface area contributed by atoms with Crippen LogP contribution >= 0.6 is 0 Å². The van der Waals surface area contributed by atoms with Gasteiger partial charge in [0.2, 0.25) is 5.89 Å². The molecule has 0 aliphatic heterocycles. The first-order valence-electron chi connectivity index (χ1n) is 7.08. The Kier molecular flexibility index (Phi) is 3.65. The van der Waals surface area contributed by atoms with Crippen LogP contribution < -0.4 is 5.32 Å². The molecule has 100 valence electrons. The third-order valence-corrected chi connectivity index (χ3v) is 3.56. The Balaban J connectivity index is 1.52. The summed E-state index contributed by atoms with van der Waals surface area (Å²) in [5.41, 5.74) is 2.83. The molecule has 1 aliphatic rings. The predicted octanol–water partition coefficient (Wildman–Crippen LogP) is 3.40. The van der Waals surface area contributed by atoms with Gasteiger partial charge in [-0.25, -0.2) is 4.98 Å². The summed E-state index contributed by atoms with van der Waals surface area (Å²) in [6, 6.07) is 8.89. The molecule has 2 aromatic rings. The number of aromatic nitrogens is 1. The molecular formula is C16H20N2O. The number of nitrogens with zero attached hydrogens (tertiary/aromatic N) is 1. The lowest BCUT2D eigenvalue weighted by atomic mass is 10.1. The van der Waals surface area contributed by atoms with Crippen LogP contribution in [0, 0.1) is 0 Å². The lowest BCUT2D eigenvalue weighted by Gasteiger charge is -2.05. The van der Waals surface area contributed by atoms with E-state index in [0.717, 1.165) is 30.5 Å². The van der Waals surface area contributed by atoms with Crippen LogP contribution in [0.25, 0.3) is 0 Å². The van der Waals surface area contributed by atoms with Crippen LogP contribution in [-0.2, 0) is 19.5 Å². The van der Waals surface area contributed by atoms with Crippen LogP contribution in [0.5, 0.6) is 0 Å². The molecular weight excluding hydrogens is 236 g/mol. The first-order chi connectivity index (χ1) is 9.35. The van der Waals surface area contributed by atoms with Crippen molar-refractivity contribution in [3.8, 4) is 0 Å². The van der Waals surface area contributed by atoms with Gasteiger partial charge in [0.1, 0.15) is 5.76 Å². The van der Waals surface area contributed by atoms with Crippen LogP contribution in [-0.4, -0.2) is 4.98 Å². The average molecular weight is 256 g/mol. The van der Waals surface area contributed by atoms with E-state index in [9.17, 15) is 0 Å². The average Bonchev–Trinajstić information content (AvgIpc) is 3.19. The summed E-state index contributed by atoms with van der Waals surface area (Å²) in [6.07, 6.45) is 5.42. The number of hydrogen-bond acceptors (Lipinski definition) is 3. The van der Waals surface area contributed by atoms with Gasteiger partial charge in [0.05, 0.1) is 12.7 Å². The summed E-state index contributed by atoms with van der Waals surface area (Å²) >= 11 is 0. The molecule has 1 aromatic heterocycles. The summed E-state index contributed by atoms with van der Waals surface area (Å²) in [5.74, 6) is 2.54. The maximum absolute atomic E-state index is 5.57. The first-order valence-corrected chi connectivity index (χ1v) is 7.08. The highest BCUT2D eigenvalue weighted by Gasteiger charge is 2.23. The minimum Gasteiger partial charge on any atom is -0.444 e.